The summed E-state index contributed by atoms with van der Waals surface area (Å²) in [6.07, 6.45) is 1.52. The zero-order chi connectivity index (χ0) is 21.1. The predicted octanol–water partition coefficient (Wildman–Crippen LogP) is 3.68. The normalized spacial score (nSPS) is 15.3. The fraction of sp³-hybridized carbons (Fsp3) is 0.261. The van der Waals surface area contributed by atoms with Crippen LogP contribution in [0.2, 0.25) is 0 Å². The topological polar surface area (TPSA) is 53.5 Å². The Bertz CT molecular complexity index is 1110. The number of aryl methyl sites for hydroxylation is 1. The lowest BCUT2D eigenvalue weighted by Crippen LogP contribution is -2.46. The highest BCUT2D eigenvalue weighted by Crippen LogP contribution is 2.24. The molecule has 7 heteroatoms. The summed E-state index contributed by atoms with van der Waals surface area (Å²) < 4.78 is 39.5. The van der Waals surface area contributed by atoms with Crippen LogP contribution in [0.1, 0.15) is 11.1 Å². The van der Waals surface area contributed by atoms with Crippen molar-refractivity contribution >= 4 is 15.5 Å². The molecule has 0 amide bonds. The van der Waals surface area contributed by atoms with Crippen LogP contribution >= 0.6 is 0 Å². The fourth-order valence-electron chi connectivity index (χ4n) is 3.67. The molecule has 156 valence electrons. The van der Waals surface area contributed by atoms with E-state index in [0.717, 1.165) is 37.4 Å². The number of halogens is 1. The second kappa shape index (κ2) is 8.53. The summed E-state index contributed by atoms with van der Waals surface area (Å²) in [7, 11) is -3.68. The van der Waals surface area contributed by atoms with Crippen molar-refractivity contribution in [3.63, 3.8) is 0 Å². The van der Waals surface area contributed by atoms with E-state index in [1.807, 2.05) is 13.0 Å². The third-order valence-electron chi connectivity index (χ3n) is 5.39. The van der Waals surface area contributed by atoms with E-state index >= 15 is 0 Å². The maximum absolute atomic E-state index is 13.2. The Labute approximate surface area is 176 Å². The van der Waals surface area contributed by atoms with Crippen LogP contribution in [-0.4, -0.2) is 44.5 Å². The molecule has 3 aromatic rings. The number of rotatable bonds is 5. The number of sulfone groups is 1. The van der Waals surface area contributed by atoms with Crippen LogP contribution in [-0.2, 0) is 16.4 Å². The summed E-state index contributed by atoms with van der Waals surface area (Å²) in [4.78, 5) is 8.92. The molecule has 0 spiro atoms. The van der Waals surface area contributed by atoms with Gasteiger partial charge in [0.25, 0.3) is 0 Å². The highest BCUT2D eigenvalue weighted by molar-refractivity contribution is 7.91. The summed E-state index contributed by atoms with van der Waals surface area (Å²) in [5.74, 6) is -0.240. The molecule has 1 saturated heterocycles. The third kappa shape index (κ3) is 4.37. The molecule has 0 saturated carbocycles. The number of anilines is 1. The number of piperazine rings is 1. The van der Waals surface area contributed by atoms with E-state index in [4.69, 9.17) is 0 Å². The third-order valence-corrected chi connectivity index (χ3v) is 7.16. The number of aromatic nitrogens is 1. The van der Waals surface area contributed by atoms with Gasteiger partial charge in [-0.2, -0.15) is 0 Å². The van der Waals surface area contributed by atoms with Crippen molar-refractivity contribution in [2.24, 2.45) is 0 Å². The molecular weight excluding hydrogens is 401 g/mol. The molecule has 5 nitrogen and oxygen atoms in total. The van der Waals surface area contributed by atoms with Gasteiger partial charge in [-0.25, -0.2) is 17.8 Å². The number of nitrogens with zero attached hydrogens (tertiary/aromatic N) is 3. The average Bonchev–Trinajstić information content (AvgIpc) is 2.75. The molecule has 0 aliphatic carbocycles. The largest absolute Gasteiger partial charge is 0.369 e. The molecule has 2 heterocycles. The molecular formula is C23H24FN3O2S. The van der Waals surface area contributed by atoms with E-state index in [0.29, 0.717) is 12.1 Å². The first-order chi connectivity index (χ1) is 14.4. The van der Waals surface area contributed by atoms with E-state index in [1.165, 1.54) is 18.3 Å². The van der Waals surface area contributed by atoms with Crippen molar-refractivity contribution in [1.82, 2.24) is 9.88 Å². The highest BCUT2D eigenvalue weighted by Gasteiger charge is 2.25. The number of pyridine rings is 1. The van der Waals surface area contributed by atoms with Crippen molar-refractivity contribution in [3.05, 3.63) is 83.8 Å². The summed E-state index contributed by atoms with van der Waals surface area (Å²) in [5, 5.41) is 0.120. The van der Waals surface area contributed by atoms with Crippen molar-refractivity contribution in [2.75, 3.05) is 31.1 Å². The van der Waals surface area contributed by atoms with Gasteiger partial charge in [0.05, 0.1) is 4.90 Å². The molecule has 1 aromatic heterocycles. The second-order valence-electron chi connectivity index (χ2n) is 7.52. The lowest BCUT2D eigenvalue weighted by Gasteiger charge is -2.36. The minimum Gasteiger partial charge on any atom is -0.369 e. The van der Waals surface area contributed by atoms with Crippen LogP contribution < -0.4 is 4.90 Å². The smallest absolute Gasteiger partial charge is 0.224 e. The van der Waals surface area contributed by atoms with E-state index in [2.05, 4.69) is 14.8 Å². The molecule has 30 heavy (non-hydrogen) atoms. The van der Waals surface area contributed by atoms with Crippen molar-refractivity contribution < 1.29 is 12.8 Å². The zero-order valence-electron chi connectivity index (χ0n) is 16.8. The Morgan fingerprint density at radius 3 is 2.27 bits per heavy atom. The maximum atomic E-state index is 13.2. The zero-order valence-corrected chi connectivity index (χ0v) is 17.6. The summed E-state index contributed by atoms with van der Waals surface area (Å²) >= 11 is 0. The quantitative estimate of drug-likeness (QED) is 0.624. The van der Waals surface area contributed by atoms with Crippen molar-refractivity contribution in [3.8, 4) is 0 Å². The van der Waals surface area contributed by atoms with E-state index in [-0.39, 0.29) is 15.7 Å². The number of hydrogen-bond donors (Lipinski definition) is 0. The van der Waals surface area contributed by atoms with Crippen molar-refractivity contribution in [2.45, 2.75) is 23.4 Å². The first-order valence-corrected chi connectivity index (χ1v) is 11.4. The van der Waals surface area contributed by atoms with Gasteiger partial charge in [-0.1, -0.05) is 23.8 Å². The fourth-order valence-corrected chi connectivity index (χ4v) is 5.07. The molecule has 0 radical (unpaired) electrons. The maximum Gasteiger partial charge on any atom is 0.224 e. The van der Waals surface area contributed by atoms with Gasteiger partial charge in [-0.05, 0) is 49.4 Å². The van der Waals surface area contributed by atoms with E-state index < -0.39 is 9.84 Å². The van der Waals surface area contributed by atoms with Crippen LogP contribution in [0.15, 0.2) is 76.8 Å². The Kier molecular flexibility index (Phi) is 5.83. The van der Waals surface area contributed by atoms with Crippen LogP contribution in [0.3, 0.4) is 0 Å². The van der Waals surface area contributed by atoms with Gasteiger partial charge in [0.15, 0.2) is 5.03 Å². The van der Waals surface area contributed by atoms with Crippen LogP contribution in [0.25, 0.3) is 0 Å². The molecule has 1 aliphatic heterocycles. The molecule has 1 aliphatic rings. The predicted molar refractivity (Wildman–Crippen MR) is 115 cm³/mol. The first-order valence-electron chi connectivity index (χ1n) is 9.92. The molecule has 0 atom stereocenters. The number of hydrogen-bond acceptors (Lipinski definition) is 5. The van der Waals surface area contributed by atoms with Crippen LogP contribution in [0.5, 0.6) is 0 Å². The van der Waals surface area contributed by atoms with Crippen LogP contribution in [0, 0.1) is 12.7 Å². The minimum absolute atomic E-state index is 0.120. The monoisotopic (exact) mass is 425 g/mol. The first kappa shape index (κ1) is 20.5. The van der Waals surface area contributed by atoms with Crippen molar-refractivity contribution in [1.29, 1.82) is 0 Å². The van der Waals surface area contributed by atoms with Gasteiger partial charge in [0.2, 0.25) is 9.84 Å². The van der Waals surface area contributed by atoms with Gasteiger partial charge >= 0.3 is 0 Å². The Morgan fingerprint density at radius 2 is 1.60 bits per heavy atom. The Balaban J connectivity index is 1.49. The van der Waals surface area contributed by atoms with Gasteiger partial charge in [-0.15, -0.1) is 0 Å². The minimum atomic E-state index is -3.68. The molecule has 0 bridgehead atoms. The SMILES string of the molecule is Cc1ccc(S(=O)(=O)c2ncccc2CN2CCN(c3ccc(F)cc3)CC2)cc1. The lowest BCUT2D eigenvalue weighted by molar-refractivity contribution is 0.247. The molecule has 0 N–H and O–H groups in total. The van der Waals surface area contributed by atoms with Gasteiger partial charge in [0.1, 0.15) is 5.82 Å². The summed E-state index contributed by atoms with van der Waals surface area (Å²) in [5.41, 5.74) is 2.71. The standard InChI is InChI=1S/C23H24FN3O2S/c1-18-4-10-22(11-5-18)30(28,29)23-19(3-2-12-25-23)17-26-13-15-27(16-14-26)21-8-6-20(24)7-9-21/h2-12H,13-17H2,1H3. The van der Waals surface area contributed by atoms with Gasteiger partial charge in [-0.3, -0.25) is 4.90 Å². The van der Waals surface area contributed by atoms with Crippen LogP contribution in [0.4, 0.5) is 10.1 Å². The van der Waals surface area contributed by atoms with Gasteiger partial charge in [0, 0.05) is 50.2 Å². The summed E-state index contributed by atoms with van der Waals surface area (Å²) in [6.45, 7) is 5.62. The van der Waals surface area contributed by atoms with E-state index in [1.54, 1.807) is 42.5 Å². The Morgan fingerprint density at radius 1 is 0.933 bits per heavy atom. The van der Waals surface area contributed by atoms with E-state index in [9.17, 15) is 12.8 Å². The lowest BCUT2D eigenvalue weighted by atomic mass is 10.2. The summed E-state index contributed by atoms with van der Waals surface area (Å²) in [6, 6.07) is 17.0. The average molecular weight is 426 g/mol. The van der Waals surface area contributed by atoms with Gasteiger partial charge < -0.3 is 4.90 Å². The highest BCUT2D eigenvalue weighted by atomic mass is 32.2. The number of benzene rings is 2. The molecule has 0 unspecified atom stereocenters. The molecule has 1 fully saturated rings. The molecule has 2 aromatic carbocycles. The molecule has 4 rings (SSSR count). The second-order valence-corrected chi connectivity index (χ2v) is 9.39. The Hall–Kier alpha value is -2.77.